The Hall–Kier alpha value is -0.590. The van der Waals surface area contributed by atoms with Crippen molar-refractivity contribution < 1.29 is 4.79 Å². The number of halogens is 2. The van der Waals surface area contributed by atoms with Gasteiger partial charge in [-0.25, -0.2) is 4.98 Å². The highest BCUT2D eigenvalue weighted by atomic mass is 79.9. The molecule has 0 bridgehead atoms. The van der Waals surface area contributed by atoms with E-state index in [0.717, 1.165) is 43.1 Å². The maximum atomic E-state index is 11.8. The van der Waals surface area contributed by atoms with Gasteiger partial charge in [0.1, 0.15) is 10.7 Å². The van der Waals surface area contributed by atoms with Gasteiger partial charge >= 0.3 is 0 Å². The van der Waals surface area contributed by atoms with E-state index < -0.39 is 0 Å². The molecule has 92 valence electrons. The van der Waals surface area contributed by atoms with Crippen molar-refractivity contribution in [2.75, 3.05) is 0 Å². The highest BCUT2D eigenvalue weighted by Crippen LogP contribution is 2.35. The fourth-order valence-corrected chi connectivity index (χ4v) is 4.34. The highest BCUT2D eigenvalue weighted by Gasteiger charge is 2.23. The molecule has 0 spiro atoms. The molecule has 0 amide bonds. The molecule has 6 heteroatoms. The quantitative estimate of drug-likeness (QED) is 0.734. The molecule has 0 unspecified atom stereocenters. The van der Waals surface area contributed by atoms with Gasteiger partial charge in [0.25, 0.3) is 0 Å². The van der Waals surface area contributed by atoms with Gasteiger partial charge < -0.3 is 0 Å². The number of nitrogens with zero attached hydrogens (tertiary/aromatic N) is 2. The Morgan fingerprint density at radius 1 is 1.28 bits per heavy atom. The van der Waals surface area contributed by atoms with E-state index in [1.165, 1.54) is 11.3 Å². The predicted molar refractivity (Wildman–Crippen MR) is 78.0 cm³/mol. The third-order valence-electron chi connectivity index (χ3n) is 2.78. The van der Waals surface area contributed by atoms with Crippen molar-refractivity contribution in [3.8, 4) is 10.7 Å². The summed E-state index contributed by atoms with van der Waals surface area (Å²) in [5.74, 6) is 0.216. The number of fused-ring (bicyclic) bond motifs is 1. The number of aryl methyl sites for hydroxylation is 1. The van der Waals surface area contributed by atoms with E-state index in [-0.39, 0.29) is 5.78 Å². The number of ketones is 1. The average molecular weight is 388 g/mol. The van der Waals surface area contributed by atoms with Crippen LogP contribution in [0, 0.1) is 0 Å². The number of hydrogen-bond acceptors (Lipinski definition) is 4. The van der Waals surface area contributed by atoms with Crippen LogP contribution in [0.2, 0.25) is 0 Å². The molecular formula is C12H8Br2N2OS. The maximum absolute atomic E-state index is 11.8. The van der Waals surface area contributed by atoms with Gasteiger partial charge in [-0.1, -0.05) is 0 Å². The molecule has 2 aromatic rings. The summed E-state index contributed by atoms with van der Waals surface area (Å²) < 4.78 is 1.80. The van der Waals surface area contributed by atoms with Crippen LogP contribution in [-0.2, 0) is 6.42 Å². The number of carbonyl (C=O) groups excluding carboxylic acids is 1. The molecule has 0 saturated heterocycles. The second-order valence-corrected chi connectivity index (χ2v) is 6.82. The Bertz CT molecular complexity index is 639. The Balaban J connectivity index is 2.10. The van der Waals surface area contributed by atoms with Gasteiger partial charge in [-0.15, -0.1) is 11.3 Å². The van der Waals surface area contributed by atoms with E-state index in [0.29, 0.717) is 6.42 Å². The van der Waals surface area contributed by atoms with Crippen LogP contribution in [0.1, 0.15) is 28.2 Å². The zero-order chi connectivity index (χ0) is 12.7. The smallest absolute Gasteiger partial charge is 0.174 e. The van der Waals surface area contributed by atoms with Crippen molar-refractivity contribution in [3.63, 3.8) is 0 Å². The van der Waals surface area contributed by atoms with Crippen molar-refractivity contribution >= 4 is 49.0 Å². The van der Waals surface area contributed by atoms with Gasteiger partial charge in [-0.2, -0.15) is 0 Å². The fraction of sp³-hybridized carbons (Fsp3) is 0.250. The molecule has 2 aromatic heterocycles. The summed E-state index contributed by atoms with van der Waals surface area (Å²) >= 11 is 8.30. The largest absolute Gasteiger partial charge is 0.293 e. The number of hydrogen-bond donors (Lipinski definition) is 0. The Morgan fingerprint density at radius 2 is 2.11 bits per heavy atom. The van der Waals surface area contributed by atoms with E-state index in [1.54, 1.807) is 6.20 Å². The van der Waals surface area contributed by atoms with Crippen LogP contribution >= 0.6 is 43.2 Å². The molecule has 3 rings (SSSR count). The summed E-state index contributed by atoms with van der Waals surface area (Å²) in [5, 5.41) is 0.814. The Kier molecular flexibility index (Phi) is 3.34. The van der Waals surface area contributed by atoms with Gasteiger partial charge in [0.05, 0.1) is 10.6 Å². The topological polar surface area (TPSA) is 42.9 Å². The van der Waals surface area contributed by atoms with Crippen molar-refractivity contribution in [3.05, 3.63) is 31.8 Å². The van der Waals surface area contributed by atoms with Crippen LogP contribution < -0.4 is 0 Å². The van der Waals surface area contributed by atoms with Gasteiger partial charge in [-0.3, -0.25) is 9.78 Å². The van der Waals surface area contributed by atoms with E-state index in [2.05, 4.69) is 41.8 Å². The van der Waals surface area contributed by atoms with Crippen LogP contribution in [0.15, 0.2) is 21.2 Å². The molecule has 2 heterocycles. The van der Waals surface area contributed by atoms with E-state index in [1.807, 2.05) is 6.07 Å². The monoisotopic (exact) mass is 386 g/mol. The van der Waals surface area contributed by atoms with Crippen LogP contribution in [0.3, 0.4) is 0 Å². The summed E-state index contributed by atoms with van der Waals surface area (Å²) in [6.45, 7) is 0. The van der Waals surface area contributed by atoms with Gasteiger partial charge in [0, 0.05) is 21.6 Å². The molecule has 0 aliphatic heterocycles. The molecule has 0 aromatic carbocycles. The minimum absolute atomic E-state index is 0.216. The first-order valence-corrected chi connectivity index (χ1v) is 7.89. The number of aromatic nitrogens is 2. The van der Waals surface area contributed by atoms with Gasteiger partial charge in [0.2, 0.25) is 0 Å². The molecule has 1 aliphatic carbocycles. The fourth-order valence-electron chi connectivity index (χ4n) is 1.94. The lowest BCUT2D eigenvalue weighted by Crippen LogP contribution is -2.07. The third kappa shape index (κ3) is 2.17. The molecule has 1 aliphatic rings. The Morgan fingerprint density at radius 3 is 2.83 bits per heavy atom. The highest BCUT2D eigenvalue weighted by molar-refractivity contribution is 9.11. The lowest BCUT2D eigenvalue weighted by atomic mass is 10.0. The zero-order valence-electron chi connectivity index (χ0n) is 9.24. The number of carbonyl (C=O) groups is 1. The van der Waals surface area contributed by atoms with Gasteiger partial charge in [-0.05, 0) is 50.8 Å². The molecule has 3 nitrogen and oxygen atoms in total. The average Bonchev–Trinajstić information content (AvgIpc) is 2.74. The van der Waals surface area contributed by atoms with Crippen molar-refractivity contribution in [2.45, 2.75) is 19.3 Å². The molecule has 18 heavy (non-hydrogen) atoms. The first-order chi connectivity index (χ1) is 8.65. The minimum atomic E-state index is 0.216. The normalized spacial score (nSPS) is 14.7. The van der Waals surface area contributed by atoms with Crippen molar-refractivity contribution in [1.29, 1.82) is 0 Å². The second-order valence-electron chi connectivity index (χ2n) is 4.06. The summed E-state index contributed by atoms with van der Waals surface area (Å²) in [6.07, 6.45) is 4.18. The minimum Gasteiger partial charge on any atom is -0.293 e. The molecule has 0 radical (unpaired) electrons. The van der Waals surface area contributed by atoms with Crippen LogP contribution in [0.25, 0.3) is 10.7 Å². The molecular weight excluding hydrogens is 380 g/mol. The summed E-state index contributed by atoms with van der Waals surface area (Å²) in [6, 6.07) is 1.94. The van der Waals surface area contributed by atoms with E-state index >= 15 is 0 Å². The van der Waals surface area contributed by atoms with E-state index in [9.17, 15) is 4.79 Å². The lowest BCUT2D eigenvalue weighted by Gasteiger charge is -2.06. The molecule has 0 saturated carbocycles. The van der Waals surface area contributed by atoms with Crippen LogP contribution in [-0.4, -0.2) is 15.8 Å². The maximum Gasteiger partial charge on any atom is 0.174 e. The second kappa shape index (κ2) is 4.83. The molecule has 0 atom stereocenters. The summed E-state index contributed by atoms with van der Waals surface area (Å²) in [4.78, 5) is 21.5. The lowest BCUT2D eigenvalue weighted by molar-refractivity contribution is 0.0976. The first-order valence-electron chi connectivity index (χ1n) is 5.49. The predicted octanol–water partition coefficient (Wildman–Crippen LogP) is 4.25. The first kappa shape index (κ1) is 12.4. The summed E-state index contributed by atoms with van der Waals surface area (Å²) in [5.41, 5.74) is 1.73. The van der Waals surface area contributed by atoms with Gasteiger partial charge in [0.15, 0.2) is 5.78 Å². The Labute approximate surface area is 125 Å². The molecule has 0 N–H and O–H groups in total. The number of thiazole rings is 1. The standard InChI is InChI=1S/C12H8Br2N2OS/c13-6-4-7(14)10(15-5-6)12-16-8-2-1-3-9(17)11(8)18-12/h4-5H,1-3H2. The third-order valence-corrected chi connectivity index (χ3v) is 4.96. The van der Waals surface area contributed by atoms with E-state index in [4.69, 9.17) is 0 Å². The van der Waals surface area contributed by atoms with Crippen LogP contribution in [0.5, 0.6) is 0 Å². The number of rotatable bonds is 1. The SMILES string of the molecule is O=C1CCCc2nc(-c3ncc(Br)cc3Br)sc21. The van der Waals surface area contributed by atoms with Crippen molar-refractivity contribution in [2.24, 2.45) is 0 Å². The number of Topliss-reactive ketones (excluding diaryl/α,β-unsaturated/α-hetero) is 1. The van der Waals surface area contributed by atoms with Crippen LogP contribution in [0.4, 0.5) is 0 Å². The molecule has 0 fully saturated rings. The zero-order valence-corrected chi connectivity index (χ0v) is 13.2. The van der Waals surface area contributed by atoms with Crippen molar-refractivity contribution in [1.82, 2.24) is 9.97 Å². The number of pyridine rings is 1. The summed E-state index contributed by atoms with van der Waals surface area (Å²) in [7, 11) is 0.